The molecule has 2 aliphatic carbocycles. The number of hydrogen-bond acceptors (Lipinski definition) is 0. The van der Waals surface area contributed by atoms with E-state index in [0.29, 0.717) is 0 Å². The van der Waals surface area contributed by atoms with E-state index < -0.39 is 0 Å². The Kier molecular flexibility index (Phi) is 2.14. The van der Waals surface area contributed by atoms with Crippen LogP contribution in [0, 0.1) is 0 Å². The highest BCUT2D eigenvalue weighted by Crippen LogP contribution is 2.51. The number of rotatable bonds is 0. The first-order valence-electron chi connectivity index (χ1n) is 10.2. The SMILES string of the molecule is c1cc2ccc3ccc4ccc5ccc6ccc7c8c6c5c4c3c2c-8c1CC7. The molecule has 0 aromatic heterocycles. The molecule has 6 aromatic rings. The standard InChI is InChI=1S/C28H16/c1-2-16-5-6-18-9-11-20-13-14-21-12-10-19-8-7-17-4-3-15(1)22-23(16)25(18)27(20)28(21)26(19)24(17)22/h1-12H,13-14H2. The van der Waals surface area contributed by atoms with E-state index in [-0.39, 0.29) is 0 Å². The molecule has 0 spiro atoms. The summed E-state index contributed by atoms with van der Waals surface area (Å²) in [5, 5.41) is 14.1. The van der Waals surface area contributed by atoms with Crippen molar-refractivity contribution in [1.82, 2.24) is 0 Å². The second-order valence-electron chi connectivity index (χ2n) is 8.45. The first kappa shape index (κ1) is 13.7. The molecule has 0 N–H and O–H groups in total. The second-order valence-corrected chi connectivity index (χ2v) is 8.45. The topological polar surface area (TPSA) is 0 Å². The van der Waals surface area contributed by atoms with Crippen LogP contribution < -0.4 is 0 Å². The van der Waals surface area contributed by atoms with Crippen molar-refractivity contribution in [1.29, 1.82) is 0 Å². The lowest BCUT2D eigenvalue weighted by atomic mass is 9.80. The summed E-state index contributed by atoms with van der Waals surface area (Å²) in [5.41, 5.74) is 6.04. The summed E-state index contributed by atoms with van der Waals surface area (Å²) in [6, 6.07) is 27.9. The van der Waals surface area contributed by atoms with Crippen LogP contribution in [0.15, 0.2) is 72.8 Å². The highest BCUT2D eigenvalue weighted by atomic mass is 14.3. The molecular formula is C28H16. The van der Waals surface area contributed by atoms with E-state index in [4.69, 9.17) is 0 Å². The first-order chi connectivity index (χ1) is 13.9. The van der Waals surface area contributed by atoms with Gasteiger partial charge in [0.25, 0.3) is 0 Å². The Morgan fingerprint density at radius 2 is 0.607 bits per heavy atom. The molecule has 0 atom stereocenters. The largest absolute Gasteiger partial charge is 0.0578 e. The van der Waals surface area contributed by atoms with Gasteiger partial charge in [0.1, 0.15) is 0 Å². The van der Waals surface area contributed by atoms with Gasteiger partial charge in [-0.1, -0.05) is 72.8 Å². The number of benzene rings is 6. The predicted molar refractivity (Wildman–Crippen MR) is 120 cm³/mol. The summed E-state index contributed by atoms with van der Waals surface area (Å²) in [5.74, 6) is 0. The third-order valence-electron chi connectivity index (χ3n) is 7.20. The summed E-state index contributed by atoms with van der Waals surface area (Å²) in [4.78, 5) is 0. The molecule has 0 radical (unpaired) electrons. The molecule has 0 amide bonds. The van der Waals surface area contributed by atoms with Crippen molar-refractivity contribution in [3.05, 3.63) is 83.9 Å². The molecule has 0 saturated heterocycles. The van der Waals surface area contributed by atoms with Crippen molar-refractivity contribution >= 4 is 53.9 Å². The third kappa shape index (κ3) is 1.38. The molecule has 0 bridgehead atoms. The molecule has 6 aromatic carbocycles. The summed E-state index contributed by atoms with van der Waals surface area (Å²) >= 11 is 0. The van der Waals surface area contributed by atoms with E-state index in [2.05, 4.69) is 72.8 Å². The minimum absolute atomic E-state index is 1.14. The maximum absolute atomic E-state index is 2.38. The van der Waals surface area contributed by atoms with Gasteiger partial charge >= 0.3 is 0 Å². The lowest BCUT2D eigenvalue weighted by molar-refractivity contribution is 0.948. The van der Waals surface area contributed by atoms with Crippen LogP contribution in [0.1, 0.15) is 11.1 Å². The van der Waals surface area contributed by atoms with Gasteiger partial charge in [-0.3, -0.25) is 0 Å². The fourth-order valence-electron chi connectivity index (χ4n) is 6.02. The molecule has 0 heteroatoms. The maximum Gasteiger partial charge on any atom is -0.00139 e. The lowest BCUT2D eigenvalue weighted by Gasteiger charge is -2.23. The Bertz CT molecular complexity index is 1560. The third-order valence-corrected chi connectivity index (χ3v) is 7.20. The highest BCUT2D eigenvalue weighted by Gasteiger charge is 2.26. The Balaban J connectivity index is 1.93. The van der Waals surface area contributed by atoms with E-state index in [9.17, 15) is 0 Å². The summed E-state index contributed by atoms with van der Waals surface area (Å²) in [7, 11) is 0. The van der Waals surface area contributed by atoms with Gasteiger partial charge in [0.05, 0.1) is 0 Å². The number of aryl methyl sites for hydroxylation is 2. The molecule has 2 aliphatic rings. The first-order valence-corrected chi connectivity index (χ1v) is 10.2. The van der Waals surface area contributed by atoms with E-state index >= 15 is 0 Å². The van der Waals surface area contributed by atoms with Crippen molar-refractivity contribution in [2.75, 3.05) is 0 Å². The van der Waals surface area contributed by atoms with E-state index in [1.807, 2.05) is 0 Å². The van der Waals surface area contributed by atoms with Crippen LogP contribution in [0.25, 0.3) is 65.0 Å². The smallest absolute Gasteiger partial charge is 0.00139 e. The van der Waals surface area contributed by atoms with Crippen molar-refractivity contribution in [3.63, 3.8) is 0 Å². The van der Waals surface area contributed by atoms with Gasteiger partial charge in [-0.15, -0.1) is 0 Å². The zero-order chi connectivity index (χ0) is 18.0. The number of hydrogen-bond donors (Lipinski definition) is 0. The fraction of sp³-hybridized carbons (Fsp3) is 0.0714. The van der Waals surface area contributed by atoms with Gasteiger partial charge in [-0.25, -0.2) is 0 Å². The maximum atomic E-state index is 2.38. The van der Waals surface area contributed by atoms with Gasteiger partial charge in [0.15, 0.2) is 0 Å². The molecule has 0 unspecified atom stereocenters. The van der Waals surface area contributed by atoms with Crippen molar-refractivity contribution in [2.24, 2.45) is 0 Å². The molecule has 8 rings (SSSR count). The van der Waals surface area contributed by atoms with Gasteiger partial charge in [0.2, 0.25) is 0 Å². The summed E-state index contributed by atoms with van der Waals surface area (Å²) < 4.78 is 0. The minimum Gasteiger partial charge on any atom is -0.0578 e. The molecule has 28 heavy (non-hydrogen) atoms. The zero-order valence-corrected chi connectivity index (χ0v) is 15.3. The van der Waals surface area contributed by atoms with Crippen LogP contribution in [0.2, 0.25) is 0 Å². The fourth-order valence-corrected chi connectivity index (χ4v) is 6.02. The normalized spacial score (nSPS) is 14.1. The molecule has 0 aliphatic heterocycles. The van der Waals surface area contributed by atoms with Crippen molar-refractivity contribution in [3.8, 4) is 11.1 Å². The van der Waals surface area contributed by atoms with Gasteiger partial charge < -0.3 is 0 Å². The van der Waals surface area contributed by atoms with Crippen LogP contribution in [-0.4, -0.2) is 0 Å². The lowest BCUT2D eigenvalue weighted by Crippen LogP contribution is -2.05. The molecule has 0 fully saturated rings. The van der Waals surface area contributed by atoms with Crippen LogP contribution in [0.5, 0.6) is 0 Å². The quantitative estimate of drug-likeness (QED) is 0.247. The summed E-state index contributed by atoms with van der Waals surface area (Å²) in [6.07, 6.45) is 2.28. The average Bonchev–Trinajstić information content (AvgIpc) is 2.90. The van der Waals surface area contributed by atoms with Crippen LogP contribution >= 0.6 is 0 Å². The van der Waals surface area contributed by atoms with Crippen LogP contribution in [-0.2, 0) is 12.8 Å². The minimum atomic E-state index is 1.14. The summed E-state index contributed by atoms with van der Waals surface area (Å²) in [6.45, 7) is 0. The monoisotopic (exact) mass is 352 g/mol. The molecular weight excluding hydrogens is 336 g/mol. The predicted octanol–water partition coefficient (Wildman–Crippen LogP) is 7.53. The van der Waals surface area contributed by atoms with E-state index in [1.54, 1.807) is 0 Å². The van der Waals surface area contributed by atoms with Crippen molar-refractivity contribution < 1.29 is 0 Å². The zero-order valence-electron chi connectivity index (χ0n) is 15.3. The average molecular weight is 352 g/mol. The molecule has 0 saturated carbocycles. The Labute approximate surface area is 162 Å². The van der Waals surface area contributed by atoms with Crippen LogP contribution in [0.4, 0.5) is 0 Å². The van der Waals surface area contributed by atoms with Gasteiger partial charge in [0, 0.05) is 0 Å². The second kappa shape index (κ2) is 4.36. The van der Waals surface area contributed by atoms with Gasteiger partial charge in [-0.2, -0.15) is 0 Å². The Morgan fingerprint density at radius 3 is 1.00 bits per heavy atom. The molecule has 128 valence electrons. The molecule has 0 heterocycles. The Hall–Kier alpha value is -3.38. The van der Waals surface area contributed by atoms with E-state index in [1.165, 1.54) is 76.1 Å². The van der Waals surface area contributed by atoms with E-state index in [0.717, 1.165) is 12.8 Å². The highest BCUT2D eigenvalue weighted by molar-refractivity contribution is 6.38. The van der Waals surface area contributed by atoms with Crippen molar-refractivity contribution in [2.45, 2.75) is 12.8 Å². The Morgan fingerprint density at radius 1 is 0.321 bits per heavy atom. The molecule has 0 nitrogen and oxygen atoms in total. The van der Waals surface area contributed by atoms with Crippen LogP contribution in [0.3, 0.4) is 0 Å². The van der Waals surface area contributed by atoms with Gasteiger partial charge in [-0.05, 0) is 89.0 Å².